The van der Waals surface area contributed by atoms with Crippen molar-refractivity contribution in [1.82, 2.24) is 20.4 Å². The van der Waals surface area contributed by atoms with Crippen molar-refractivity contribution in [2.24, 2.45) is 7.05 Å². The summed E-state index contributed by atoms with van der Waals surface area (Å²) in [6.45, 7) is 2.22. The molecule has 2 aromatic heterocycles. The number of methoxy groups -OCH3 is 1. The van der Waals surface area contributed by atoms with Gasteiger partial charge in [0.15, 0.2) is 0 Å². The third kappa shape index (κ3) is 3.46. The van der Waals surface area contributed by atoms with Gasteiger partial charge in [0.05, 0.1) is 18.8 Å². The molecule has 1 aliphatic carbocycles. The van der Waals surface area contributed by atoms with E-state index in [9.17, 15) is 4.79 Å². The van der Waals surface area contributed by atoms with E-state index in [1.54, 1.807) is 7.11 Å². The van der Waals surface area contributed by atoms with E-state index in [1.807, 2.05) is 37.0 Å². The van der Waals surface area contributed by atoms with Crippen molar-refractivity contribution in [1.29, 1.82) is 0 Å². The molecule has 0 aliphatic heterocycles. The minimum absolute atomic E-state index is 0.0102. The number of carbonyl (C=O) groups is 1. The molecule has 2 N–H and O–H groups in total. The van der Waals surface area contributed by atoms with Gasteiger partial charge >= 0.3 is 6.03 Å². The lowest BCUT2D eigenvalue weighted by Gasteiger charge is -2.25. The predicted molar refractivity (Wildman–Crippen MR) is 88.6 cm³/mol. The van der Waals surface area contributed by atoms with E-state index in [0.29, 0.717) is 12.4 Å². The Hall–Kier alpha value is -2.28. The number of nitrogens with one attached hydrogen (secondary N) is 2. The summed E-state index contributed by atoms with van der Waals surface area (Å²) in [4.78, 5) is 12.4. The number of hydrogen-bond donors (Lipinski definition) is 2. The molecule has 24 heavy (non-hydrogen) atoms. The second-order valence-electron chi connectivity index (χ2n) is 6.19. The summed E-state index contributed by atoms with van der Waals surface area (Å²) in [6, 6.07) is 3.18. The molecule has 0 saturated heterocycles. The Morgan fingerprint density at radius 3 is 3.08 bits per heavy atom. The van der Waals surface area contributed by atoms with Crippen LogP contribution in [0.2, 0.25) is 0 Å². The first-order valence-electron chi connectivity index (χ1n) is 8.21. The molecule has 2 amide bonds. The van der Waals surface area contributed by atoms with Crippen LogP contribution >= 0.6 is 0 Å². The van der Waals surface area contributed by atoms with E-state index in [4.69, 9.17) is 9.15 Å². The average Bonchev–Trinajstić information content (AvgIpc) is 3.14. The molecule has 0 radical (unpaired) electrons. The van der Waals surface area contributed by atoms with E-state index < -0.39 is 0 Å². The van der Waals surface area contributed by atoms with E-state index in [0.717, 1.165) is 30.6 Å². The van der Waals surface area contributed by atoms with Crippen LogP contribution in [0.4, 0.5) is 4.79 Å². The zero-order valence-corrected chi connectivity index (χ0v) is 14.3. The van der Waals surface area contributed by atoms with Gasteiger partial charge in [-0.1, -0.05) is 0 Å². The Labute approximate surface area is 141 Å². The number of ether oxygens (including phenoxy) is 1. The number of carbonyl (C=O) groups excluding carboxylic acids is 1. The number of furan rings is 1. The van der Waals surface area contributed by atoms with Crippen LogP contribution < -0.4 is 10.6 Å². The van der Waals surface area contributed by atoms with Crippen molar-refractivity contribution in [3.8, 4) is 0 Å². The minimum atomic E-state index is -0.319. The summed E-state index contributed by atoms with van der Waals surface area (Å²) in [5.41, 5.74) is 2.30. The molecule has 1 aliphatic rings. The molecule has 2 atom stereocenters. The fourth-order valence-electron chi connectivity index (χ4n) is 3.22. The van der Waals surface area contributed by atoms with Gasteiger partial charge in [-0.3, -0.25) is 4.68 Å². The van der Waals surface area contributed by atoms with Crippen molar-refractivity contribution in [3.05, 3.63) is 41.1 Å². The highest BCUT2D eigenvalue weighted by Crippen LogP contribution is 2.29. The van der Waals surface area contributed by atoms with Crippen molar-refractivity contribution in [2.75, 3.05) is 13.7 Å². The molecular formula is C17H24N4O3. The van der Waals surface area contributed by atoms with Gasteiger partial charge in [0, 0.05) is 25.4 Å². The average molecular weight is 332 g/mol. The highest BCUT2D eigenvalue weighted by molar-refractivity contribution is 5.75. The summed E-state index contributed by atoms with van der Waals surface area (Å²) in [6.07, 6.45) is 4.81. The summed E-state index contributed by atoms with van der Waals surface area (Å²) in [5, 5.41) is 10.3. The van der Waals surface area contributed by atoms with Crippen LogP contribution in [0, 0.1) is 6.92 Å². The zero-order valence-electron chi connectivity index (χ0n) is 14.3. The van der Waals surface area contributed by atoms with E-state index >= 15 is 0 Å². The number of fused-ring (bicyclic) bond motifs is 1. The van der Waals surface area contributed by atoms with E-state index in [-0.39, 0.29) is 18.1 Å². The predicted octanol–water partition coefficient (Wildman–Crippen LogP) is 2.39. The molecule has 0 spiro atoms. The number of rotatable bonds is 5. The Morgan fingerprint density at radius 2 is 2.38 bits per heavy atom. The summed E-state index contributed by atoms with van der Waals surface area (Å²) in [5.74, 6) is 1.50. The molecule has 3 rings (SSSR count). The van der Waals surface area contributed by atoms with Crippen LogP contribution in [0.5, 0.6) is 0 Å². The van der Waals surface area contributed by atoms with Gasteiger partial charge in [0.2, 0.25) is 0 Å². The molecule has 0 bridgehead atoms. The van der Waals surface area contributed by atoms with Crippen LogP contribution in [-0.4, -0.2) is 29.5 Å². The molecule has 2 unspecified atom stereocenters. The number of hydrogen-bond acceptors (Lipinski definition) is 4. The fraction of sp³-hybridized carbons (Fsp3) is 0.529. The normalized spacial score (nSPS) is 18.0. The maximum atomic E-state index is 12.4. The number of amides is 2. The molecular weight excluding hydrogens is 308 g/mol. The first-order valence-corrected chi connectivity index (χ1v) is 8.21. The number of urea groups is 1. The van der Waals surface area contributed by atoms with Gasteiger partial charge in [-0.05, 0) is 38.3 Å². The molecule has 130 valence electrons. The van der Waals surface area contributed by atoms with Crippen LogP contribution in [0.3, 0.4) is 0 Å². The summed E-state index contributed by atoms with van der Waals surface area (Å²) >= 11 is 0. The van der Waals surface area contributed by atoms with Crippen molar-refractivity contribution >= 4 is 6.03 Å². The lowest BCUT2D eigenvalue weighted by molar-refractivity contribution is 0.155. The second kappa shape index (κ2) is 7.09. The van der Waals surface area contributed by atoms with Crippen LogP contribution in [0.25, 0.3) is 0 Å². The maximum Gasteiger partial charge on any atom is 0.315 e. The number of nitrogens with zero attached hydrogens (tertiary/aromatic N) is 2. The lowest BCUT2D eigenvalue weighted by atomic mass is 9.93. The van der Waals surface area contributed by atoms with Crippen LogP contribution in [0.1, 0.15) is 47.7 Å². The molecule has 0 saturated carbocycles. The molecule has 0 aromatic carbocycles. The lowest BCUT2D eigenvalue weighted by Crippen LogP contribution is -2.41. The number of aromatic nitrogens is 2. The summed E-state index contributed by atoms with van der Waals surface area (Å²) in [7, 11) is 3.54. The molecule has 2 heterocycles. The largest absolute Gasteiger partial charge is 0.464 e. The van der Waals surface area contributed by atoms with Gasteiger partial charge in [0.1, 0.15) is 17.6 Å². The van der Waals surface area contributed by atoms with Crippen molar-refractivity contribution in [2.45, 2.75) is 38.3 Å². The highest BCUT2D eigenvalue weighted by Gasteiger charge is 2.26. The van der Waals surface area contributed by atoms with Crippen molar-refractivity contribution < 1.29 is 13.9 Å². The number of aryl methyl sites for hydroxylation is 2. The van der Waals surface area contributed by atoms with Crippen LogP contribution in [-0.2, 0) is 18.2 Å². The highest BCUT2D eigenvalue weighted by atomic mass is 16.5. The first kappa shape index (κ1) is 16.6. The Morgan fingerprint density at radius 1 is 1.54 bits per heavy atom. The van der Waals surface area contributed by atoms with E-state index in [1.165, 1.54) is 5.69 Å². The quantitative estimate of drug-likeness (QED) is 0.881. The second-order valence-corrected chi connectivity index (χ2v) is 6.19. The van der Waals surface area contributed by atoms with Crippen molar-refractivity contribution in [3.63, 3.8) is 0 Å². The van der Waals surface area contributed by atoms with Gasteiger partial charge in [-0.15, -0.1) is 0 Å². The first-order chi connectivity index (χ1) is 11.6. The third-order valence-electron chi connectivity index (χ3n) is 4.42. The summed E-state index contributed by atoms with van der Waals surface area (Å²) < 4.78 is 12.7. The zero-order chi connectivity index (χ0) is 17.1. The standard InChI is InChI=1S/C17H24N4O3/c1-11-7-8-16(24-11)14(10-23-3)20-17(22)19-13-5-4-6-15-12(13)9-18-21(15)2/h7-9,13-14H,4-6,10H2,1-3H3,(H2,19,20,22). The van der Waals surface area contributed by atoms with Gasteiger partial charge < -0.3 is 19.8 Å². The Bertz CT molecular complexity index is 707. The van der Waals surface area contributed by atoms with Gasteiger partial charge in [-0.2, -0.15) is 5.10 Å². The molecule has 2 aromatic rings. The topological polar surface area (TPSA) is 81.3 Å². The van der Waals surface area contributed by atoms with Gasteiger partial charge in [0.25, 0.3) is 0 Å². The van der Waals surface area contributed by atoms with Crippen LogP contribution in [0.15, 0.2) is 22.7 Å². The third-order valence-corrected chi connectivity index (χ3v) is 4.42. The molecule has 7 nitrogen and oxygen atoms in total. The maximum absolute atomic E-state index is 12.4. The molecule has 0 fully saturated rings. The van der Waals surface area contributed by atoms with E-state index in [2.05, 4.69) is 15.7 Å². The minimum Gasteiger partial charge on any atom is -0.464 e. The Balaban J connectivity index is 1.66. The SMILES string of the molecule is COCC(NC(=O)NC1CCCc2c1cnn2C)c1ccc(C)o1. The Kier molecular flexibility index (Phi) is 4.89. The fourth-order valence-corrected chi connectivity index (χ4v) is 3.22. The monoisotopic (exact) mass is 332 g/mol. The van der Waals surface area contributed by atoms with Gasteiger partial charge in [-0.25, -0.2) is 4.79 Å². The smallest absolute Gasteiger partial charge is 0.315 e. The molecule has 7 heteroatoms.